The van der Waals surface area contributed by atoms with E-state index in [1.807, 2.05) is 12.4 Å². The third-order valence-corrected chi connectivity index (χ3v) is 9.24. The van der Waals surface area contributed by atoms with Crippen LogP contribution in [0.4, 0.5) is 0 Å². The fourth-order valence-electron chi connectivity index (χ4n) is 6.28. The molecule has 2 aromatic carbocycles. The maximum absolute atomic E-state index is 11.4. The normalized spacial score (nSPS) is 21.2. The molecule has 1 saturated heterocycles. The van der Waals surface area contributed by atoms with E-state index >= 15 is 0 Å². The van der Waals surface area contributed by atoms with Crippen LogP contribution in [0.3, 0.4) is 0 Å². The second-order valence-electron chi connectivity index (χ2n) is 16.1. The Morgan fingerprint density at radius 3 is 1.63 bits per heavy atom. The minimum atomic E-state index is -0.179. The first-order chi connectivity index (χ1) is 20.0. The smallest absolute Gasteiger partial charge is 0.128 e. The van der Waals surface area contributed by atoms with E-state index < -0.39 is 0 Å². The summed E-state index contributed by atoms with van der Waals surface area (Å²) in [5.74, 6) is 0.682. The Kier molecular flexibility index (Phi) is 10.2. The number of hydrogen-bond acceptors (Lipinski definition) is 5. The van der Waals surface area contributed by atoms with Gasteiger partial charge in [-0.25, -0.2) is 0 Å². The van der Waals surface area contributed by atoms with Gasteiger partial charge in [-0.15, -0.1) is 0 Å². The molecule has 5 nitrogen and oxygen atoms in total. The molecule has 2 aromatic rings. The molecule has 1 heterocycles. The molecule has 0 aromatic heterocycles. The summed E-state index contributed by atoms with van der Waals surface area (Å²) in [7, 11) is 0. The van der Waals surface area contributed by atoms with Gasteiger partial charge in [0.2, 0.25) is 0 Å². The molecule has 43 heavy (non-hydrogen) atoms. The number of nitrogens with zero attached hydrogens (tertiary/aromatic N) is 3. The number of piperidine rings is 1. The summed E-state index contributed by atoms with van der Waals surface area (Å²) in [4.78, 5) is 12.6. The first-order valence-corrected chi connectivity index (χ1v) is 16.6. The molecule has 0 bridgehead atoms. The summed E-state index contributed by atoms with van der Waals surface area (Å²) in [6.07, 6.45) is 11.7. The van der Waals surface area contributed by atoms with Crippen molar-refractivity contribution >= 4 is 12.4 Å². The second kappa shape index (κ2) is 13.1. The highest BCUT2D eigenvalue weighted by Gasteiger charge is 2.27. The van der Waals surface area contributed by atoms with Gasteiger partial charge in [0.1, 0.15) is 11.5 Å². The highest BCUT2D eigenvalue weighted by Crippen LogP contribution is 2.38. The van der Waals surface area contributed by atoms with Gasteiger partial charge in [0.15, 0.2) is 0 Å². The summed E-state index contributed by atoms with van der Waals surface area (Å²) in [5.41, 5.74) is 5.71. The number of phenolic OH excluding ortho intramolecular Hbond substituents is 2. The quantitative estimate of drug-likeness (QED) is 0.332. The van der Waals surface area contributed by atoms with Crippen molar-refractivity contribution in [1.82, 2.24) is 4.90 Å². The molecule has 5 heteroatoms. The van der Waals surface area contributed by atoms with Crippen LogP contribution in [-0.4, -0.2) is 52.7 Å². The van der Waals surface area contributed by atoms with E-state index in [2.05, 4.69) is 91.5 Å². The van der Waals surface area contributed by atoms with E-state index in [4.69, 9.17) is 9.98 Å². The van der Waals surface area contributed by atoms with Gasteiger partial charge in [-0.05, 0) is 78.3 Å². The van der Waals surface area contributed by atoms with E-state index in [1.54, 1.807) is 0 Å². The Labute approximate surface area is 261 Å². The van der Waals surface area contributed by atoms with E-state index in [0.29, 0.717) is 11.5 Å². The molecule has 1 aliphatic carbocycles. The van der Waals surface area contributed by atoms with Crippen molar-refractivity contribution in [2.24, 2.45) is 9.98 Å². The Hall–Kier alpha value is -2.66. The zero-order valence-electron chi connectivity index (χ0n) is 28.4. The van der Waals surface area contributed by atoms with Crippen LogP contribution in [0.2, 0.25) is 0 Å². The Morgan fingerprint density at radius 2 is 1.14 bits per heavy atom. The number of aliphatic imine (C=N–C) groups is 2. The van der Waals surface area contributed by atoms with Crippen molar-refractivity contribution in [1.29, 1.82) is 0 Å². The molecule has 2 atom stereocenters. The van der Waals surface area contributed by atoms with E-state index in [9.17, 15) is 10.2 Å². The summed E-state index contributed by atoms with van der Waals surface area (Å²) in [5, 5.41) is 22.7. The predicted octanol–water partition coefficient (Wildman–Crippen LogP) is 8.83. The molecule has 1 aliphatic heterocycles. The Morgan fingerprint density at radius 1 is 0.651 bits per heavy atom. The highest BCUT2D eigenvalue weighted by atomic mass is 16.3. The Balaban J connectivity index is 1.64. The molecule has 2 aliphatic rings. The van der Waals surface area contributed by atoms with Gasteiger partial charge in [-0.1, -0.05) is 93.7 Å². The molecule has 0 unspecified atom stereocenters. The van der Waals surface area contributed by atoms with Crippen molar-refractivity contribution in [3.8, 4) is 11.5 Å². The van der Waals surface area contributed by atoms with Crippen LogP contribution >= 0.6 is 0 Å². The highest BCUT2D eigenvalue weighted by molar-refractivity contribution is 5.86. The minimum Gasteiger partial charge on any atom is -0.507 e. The van der Waals surface area contributed by atoms with Crippen LogP contribution in [0.25, 0.3) is 0 Å². The molecular formula is C38H57N3O2. The fourth-order valence-corrected chi connectivity index (χ4v) is 6.28. The van der Waals surface area contributed by atoms with Gasteiger partial charge in [0.25, 0.3) is 0 Å². The number of likely N-dealkylation sites (tertiary alicyclic amines) is 1. The lowest BCUT2D eigenvalue weighted by molar-refractivity contribution is 0.218. The van der Waals surface area contributed by atoms with Crippen molar-refractivity contribution in [3.63, 3.8) is 0 Å². The predicted molar refractivity (Wildman–Crippen MR) is 183 cm³/mol. The van der Waals surface area contributed by atoms with Gasteiger partial charge in [-0.3, -0.25) is 14.9 Å². The number of phenols is 2. The molecule has 1 saturated carbocycles. The minimum absolute atomic E-state index is 0.0277. The van der Waals surface area contributed by atoms with Gasteiger partial charge >= 0.3 is 0 Å². The van der Waals surface area contributed by atoms with Crippen LogP contribution < -0.4 is 0 Å². The van der Waals surface area contributed by atoms with Crippen LogP contribution in [0.1, 0.15) is 141 Å². The summed E-state index contributed by atoms with van der Waals surface area (Å²) >= 11 is 0. The van der Waals surface area contributed by atoms with Crippen molar-refractivity contribution < 1.29 is 10.2 Å². The monoisotopic (exact) mass is 587 g/mol. The largest absolute Gasteiger partial charge is 0.507 e. The number of rotatable bonds is 6. The maximum atomic E-state index is 11.4. The molecule has 0 spiro atoms. The third-order valence-electron chi connectivity index (χ3n) is 9.24. The molecule has 0 radical (unpaired) electrons. The van der Waals surface area contributed by atoms with Gasteiger partial charge < -0.3 is 10.2 Å². The lowest BCUT2D eigenvalue weighted by Crippen LogP contribution is -2.29. The molecule has 2 N–H and O–H groups in total. The third kappa shape index (κ3) is 8.50. The molecular weight excluding hydrogens is 530 g/mol. The van der Waals surface area contributed by atoms with Crippen molar-refractivity contribution in [2.45, 2.75) is 142 Å². The number of benzene rings is 2. The number of hydrogen-bond donors (Lipinski definition) is 2. The second-order valence-corrected chi connectivity index (χ2v) is 16.1. The Bertz CT molecular complexity index is 1310. The summed E-state index contributed by atoms with van der Waals surface area (Å²) < 4.78 is 0. The van der Waals surface area contributed by atoms with Gasteiger partial charge in [0, 0.05) is 41.2 Å². The first kappa shape index (κ1) is 33.2. The molecule has 2 fully saturated rings. The lowest BCUT2D eigenvalue weighted by Gasteiger charge is -2.28. The van der Waals surface area contributed by atoms with Gasteiger partial charge in [-0.2, -0.15) is 0 Å². The van der Waals surface area contributed by atoms with E-state index in [1.165, 1.54) is 30.4 Å². The lowest BCUT2D eigenvalue weighted by atomic mass is 9.79. The zero-order chi connectivity index (χ0) is 31.6. The summed E-state index contributed by atoms with van der Waals surface area (Å²) in [6, 6.07) is 8.64. The van der Waals surface area contributed by atoms with Crippen LogP contribution in [-0.2, 0) is 22.8 Å². The molecule has 236 valence electrons. The van der Waals surface area contributed by atoms with Gasteiger partial charge in [0.05, 0.1) is 12.1 Å². The van der Waals surface area contributed by atoms with Crippen molar-refractivity contribution in [3.05, 3.63) is 57.6 Å². The average molecular weight is 588 g/mol. The topological polar surface area (TPSA) is 68.4 Å². The fraction of sp³-hybridized carbons (Fsp3) is 0.632. The van der Waals surface area contributed by atoms with Crippen LogP contribution in [0.15, 0.2) is 34.3 Å². The van der Waals surface area contributed by atoms with E-state index in [0.717, 1.165) is 67.6 Å². The van der Waals surface area contributed by atoms with E-state index in [-0.39, 0.29) is 28.3 Å². The maximum Gasteiger partial charge on any atom is 0.128 e. The SMILES string of the molecule is CC(C)(C)c1cc(C=N[C@@H]2CCCC[C@H]2N=Cc2cc(C(C)(C)C)cc(C(C)(C)C)c2O)c(O)c(CN2CCCCC2)c1. The standard InChI is InChI=1S/C38H57N3O2/c1-36(2,3)29-19-26(34(42)28(21-29)25-41-17-13-10-14-18-41)23-39-32-15-11-12-16-33(32)40-24-27-20-30(37(4,5)6)22-31(35(27)43)38(7,8)9/h19-24,32-33,42-43H,10-18,25H2,1-9H3/t32-,33-/m1/s1. The van der Waals surface area contributed by atoms with Crippen LogP contribution in [0, 0.1) is 0 Å². The molecule has 4 rings (SSSR count). The van der Waals surface area contributed by atoms with Crippen molar-refractivity contribution in [2.75, 3.05) is 13.1 Å². The summed E-state index contributed by atoms with van der Waals surface area (Å²) in [6.45, 7) is 22.7. The molecule has 0 amide bonds. The number of aromatic hydroxyl groups is 2. The average Bonchev–Trinajstić information content (AvgIpc) is 2.92. The van der Waals surface area contributed by atoms with Crippen LogP contribution in [0.5, 0.6) is 11.5 Å². The first-order valence-electron chi connectivity index (χ1n) is 16.6. The zero-order valence-corrected chi connectivity index (χ0v) is 28.4.